The van der Waals surface area contributed by atoms with Crippen molar-refractivity contribution >= 4 is 21.6 Å². The molecule has 0 radical (unpaired) electrons. The molecule has 0 saturated heterocycles. The van der Waals surface area contributed by atoms with Crippen molar-refractivity contribution in [3.05, 3.63) is 47.4 Å². The van der Waals surface area contributed by atoms with Gasteiger partial charge < -0.3 is 10.1 Å². The first-order valence-corrected chi connectivity index (χ1v) is 9.29. The maximum absolute atomic E-state index is 13.3. The first kappa shape index (κ1) is 18.9. The number of rotatable bonds is 6. The lowest BCUT2D eigenvalue weighted by Crippen LogP contribution is -2.16. The largest absolute Gasteiger partial charge is 0.496 e. The first-order valence-electron chi connectivity index (χ1n) is 7.63. The summed E-state index contributed by atoms with van der Waals surface area (Å²) in [5.41, 5.74) is 0.201. The van der Waals surface area contributed by atoms with Crippen molar-refractivity contribution in [2.24, 2.45) is 0 Å². The van der Waals surface area contributed by atoms with Crippen molar-refractivity contribution in [3.8, 4) is 5.75 Å². The quantitative estimate of drug-likeness (QED) is 0.849. The van der Waals surface area contributed by atoms with Crippen LogP contribution in [0.5, 0.6) is 5.75 Å². The van der Waals surface area contributed by atoms with Crippen molar-refractivity contribution in [3.63, 3.8) is 0 Å². The minimum Gasteiger partial charge on any atom is -0.496 e. The Labute approximate surface area is 146 Å². The average Bonchev–Trinajstić information content (AvgIpc) is 2.57. The number of amides is 1. The topological polar surface area (TPSA) is 85.4 Å². The molecule has 0 aliphatic heterocycles. The summed E-state index contributed by atoms with van der Waals surface area (Å²) in [6, 6.07) is 6.62. The van der Waals surface area contributed by atoms with Gasteiger partial charge in [-0.15, -0.1) is 0 Å². The number of anilines is 1. The Morgan fingerprint density at radius 1 is 1.28 bits per heavy atom. The number of aryl methyl sites for hydroxylation is 1. The summed E-state index contributed by atoms with van der Waals surface area (Å²) in [6.45, 7) is 3.24. The van der Waals surface area contributed by atoms with Crippen molar-refractivity contribution in [1.82, 2.24) is 4.98 Å². The van der Waals surface area contributed by atoms with E-state index in [9.17, 15) is 17.6 Å². The number of carbonyl (C=O) groups excluding carboxylic acids is 1. The number of benzene rings is 1. The van der Waals surface area contributed by atoms with Gasteiger partial charge in [-0.3, -0.25) is 4.79 Å². The fourth-order valence-corrected chi connectivity index (χ4v) is 3.59. The van der Waals surface area contributed by atoms with E-state index in [1.54, 1.807) is 6.92 Å². The SMILES string of the molecule is CCCS(=O)(=O)c1ccc(OC)c(C(=O)Nc2ccc(F)c(C)n2)c1. The molecule has 6 nitrogen and oxygen atoms in total. The van der Waals surface area contributed by atoms with Crippen molar-refractivity contribution in [1.29, 1.82) is 0 Å². The normalized spacial score (nSPS) is 11.2. The fraction of sp³-hybridized carbons (Fsp3) is 0.294. The Hall–Kier alpha value is -2.48. The van der Waals surface area contributed by atoms with Crippen molar-refractivity contribution < 1.29 is 22.3 Å². The summed E-state index contributed by atoms with van der Waals surface area (Å²) in [5.74, 6) is -0.703. The van der Waals surface area contributed by atoms with Gasteiger partial charge in [-0.25, -0.2) is 17.8 Å². The maximum atomic E-state index is 13.3. The third-order valence-electron chi connectivity index (χ3n) is 3.51. The van der Waals surface area contributed by atoms with Crippen LogP contribution in [0.25, 0.3) is 0 Å². The van der Waals surface area contributed by atoms with Crippen molar-refractivity contribution in [2.75, 3.05) is 18.2 Å². The van der Waals surface area contributed by atoms with Gasteiger partial charge in [-0.2, -0.15) is 0 Å². The highest BCUT2D eigenvalue weighted by atomic mass is 32.2. The summed E-state index contributed by atoms with van der Waals surface area (Å²) < 4.78 is 42.9. The molecule has 0 spiro atoms. The number of sulfone groups is 1. The number of ether oxygens (including phenoxy) is 1. The van der Waals surface area contributed by atoms with Gasteiger partial charge >= 0.3 is 0 Å². The Kier molecular flexibility index (Phi) is 5.73. The predicted molar refractivity (Wildman–Crippen MR) is 92.2 cm³/mol. The van der Waals surface area contributed by atoms with Crippen LogP contribution in [-0.2, 0) is 9.84 Å². The van der Waals surface area contributed by atoms with E-state index >= 15 is 0 Å². The van der Waals surface area contributed by atoms with Gasteiger partial charge in [0.2, 0.25) is 0 Å². The van der Waals surface area contributed by atoms with E-state index in [1.807, 2.05) is 0 Å². The van der Waals surface area contributed by atoms with E-state index in [4.69, 9.17) is 4.74 Å². The molecule has 0 bridgehead atoms. The molecular formula is C17H19FN2O4S. The van der Waals surface area contributed by atoms with E-state index in [-0.39, 0.29) is 33.5 Å². The third kappa shape index (κ3) is 4.33. The summed E-state index contributed by atoms with van der Waals surface area (Å²) >= 11 is 0. The number of halogens is 1. The second kappa shape index (κ2) is 7.60. The summed E-state index contributed by atoms with van der Waals surface area (Å²) in [4.78, 5) is 16.5. The van der Waals surface area contributed by atoms with Gasteiger partial charge in [0.15, 0.2) is 9.84 Å². The first-order chi connectivity index (χ1) is 11.8. The number of pyridine rings is 1. The summed E-state index contributed by atoms with van der Waals surface area (Å²) in [6.07, 6.45) is 0.467. The molecule has 0 fully saturated rings. The van der Waals surface area contributed by atoms with Crippen LogP contribution in [0.1, 0.15) is 29.4 Å². The molecule has 0 aliphatic rings. The molecule has 1 aromatic carbocycles. The Morgan fingerprint density at radius 3 is 2.60 bits per heavy atom. The van der Waals surface area contributed by atoms with Gasteiger partial charge in [0.25, 0.3) is 5.91 Å². The van der Waals surface area contributed by atoms with Crippen LogP contribution < -0.4 is 10.1 Å². The number of hydrogen-bond acceptors (Lipinski definition) is 5. The van der Waals surface area contributed by atoms with E-state index < -0.39 is 21.6 Å². The fourth-order valence-electron chi connectivity index (χ4n) is 2.24. The van der Waals surface area contributed by atoms with Gasteiger partial charge in [-0.05, 0) is 43.7 Å². The summed E-state index contributed by atoms with van der Waals surface area (Å²) in [5, 5.41) is 2.52. The highest BCUT2D eigenvalue weighted by Crippen LogP contribution is 2.24. The zero-order valence-electron chi connectivity index (χ0n) is 14.2. The van der Waals surface area contributed by atoms with E-state index in [0.717, 1.165) is 0 Å². The van der Waals surface area contributed by atoms with Crippen LogP contribution in [0, 0.1) is 12.7 Å². The molecule has 8 heteroatoms. The lowest BCUT2D eigenvalue weighted by atomic mass is 10.2. The molecule has 1 aromatic heterocycles. The Morgan fingerprint density at radius 2 is 2.00 bits per heavy atom. The number of nitrogens with one attached hydrogen (secondary N) is 1. The smallest absolute Gasteiger partial charge is 0.260 e. The second-order valence-electron chi connectivity index (χ2n) is 5.40. The molecule has 2 aromatic rings. The minimum atomic E-state index is -3.48. The molecule has 134 valence electrons. The molecule has 1 N–H and O–H groups in total. The molecule has 0 aliphatic carbocycles. The minimum absolute atomic E-state index is 0.0148. The highest BCUT2D eigenvalue weighted by molar-refractivity contribution is 7.91. The molecule has 25 heavy (non-hydrogen) atoms. The lowest BCUT2D eigenvalue weighted by molar-refractivity contribution is 0.102. The number of aromatic nitrogens is 1. The van der Waals surface area contributed by atoms with Gasteiger partial charge in [-0.1, -0.05) is 6.92 Å². The van der Waals surface area contributed by atoms with Gasteiger partial charge in [0, 0.05) is 0 Å². The van der Waals surface area contributed by atoms with E-state index in [1.165, 1.54) is 44.4 Å². The van der Waals surface area contributed by atoms with Crippen LogP contribution in [0.3, 0.4) is 0 Å². The zero-order chi connectivity index (χ0) is 18.6. The van der Waals surface area contributed by atoms with Crippen LogP contribution >= 0.6 is 0 Å². The maximum Gasteiger partial charge on any atom is 0.260 e. The van der Waals surface area contributed by atoms with E-state index in [2.05, 4.69) is 10.3 Å². The Balaban J connectivity index is 2.38. The standard InChI is InChI=1S/C17H19FN2O4S/c1-4-9-25(22,23)12-5-7-15(24-3)13(10-12)17(21)20-16-8-6-14(18)11(2)19-16/h5-8,10H,4,9H2,1-3H3,(H,19,20,21). The van der Waals surface area contributed by atoms with Crippen LogP contribution in [0.4, 0.5) is 10.2 Å². The van der Waals surface area contributed by atoms with Crippen molar-refractivity contribution in [2.45, 2.75) is 25.2 Å². The lowest BCUT2D eigenvalue weighted by Gasteiger charge is -2.11. The van der Waals surface area contributed by atoms with Gasteiger partial charge in [0.1, 0.15) is 17.4 Å². The van der Waals surface area contributed by atoms with Crippen LogP contribution in [-0.4, -0.2) is 32.2 Å². The summed E-state index contributed by atoms with van der Waals surface area (Å²) in [7, 11) is -2.10. The van der Waals surface area contributed by atoms with Crippen LogP contribution in [0.15, 0.2) is 35.2 Å². The average molecular weight is 366 g/mol. The highest BCUT2D eigenvalue weighted by Gasteiger charge is 2.20. The molecule has 0 unspecified atom stereocenters. The molecule has 2 rings (SSSR count). The van der Waals surface area contributed by atoms with Crippen LogP contribution in [0.2, 0.25) is 0 Å². The molecule has 1 heterocycles. The van der Waals surface area contributed by atoms with E-state index in [0.29, 0.717) is 6.42 Å². The molecule has 0 saturated carbocycles. The molecule has 1 amide bonds. The molecule has 0 atom stereocenters. The predicted octanol–water partition coefficient (Wildman–Crippen LogP) is 2.97. The number of carbonyl (C=O) groups is 1. The zero-order valence-corrected chi connectivity index (χ0v) is 15.0. The number of nitrogens with zero attached hydrogens (tertiary/aromatic N) is 1. The second-order valence-corrected chi connectivity index (χ2v) is 7.51. The Bertz CT molecular complexity index is 898. The number of methoxy groups -OCH3 is 1. The monoisotopic (exact) mass is 366 g/mol. The number of hydrogen-bond donors (Lipinski definition) is 1. The third-order valence-corrected chi connectivity index (χ3v) is 5.43. The van der Waals surface area contributed by atoms with Gasteiger partial charge in [0.05, 0.1) is 29.0 Å². The molecular weight excluding hydrogens is 347 g/mol.